The maximum atomic E-state index is 12.3. The number of imide groups is 1. The Hall–Kier alpha value is -3.15. The number of nitrogens with one attached hydrogen (secondary N) is 1. The molecule has 0 saturated carbocycles. The summed E-state index contributed by atoms with van der Waals surface area (Å²) in [5.41, 5.74) is 1.90. The first-order valence-corrected chi connectivity index (χ1v) is 9.40. The molecule has 1 aliphatic rings. The highest BCUT2D eigenvalue weighted by Gasteiger charge is 2.34. The number of carbonyl (C=O) groups excluding carboxylic acids is 3. The Balaban J connectivity index is 1.41. The van der Waals surface area contributed by atoms with E-state index in [2.05, 4.69) is 5.32 Å². The van der Waals surface area contributed by atoms with Crippen LogP contribution in [-0.4, -0.2) is 41.8 Å². The van der Waals surface area contributed by atoms with Gasteiger partial charge < -0.3 is 10.1 Å². The monoisotopic (exact) mass is 380 g/mol. The zero-order valence-corrected chi connectivity index (χ0v) is 16.1. The molecule has 0 bridgehead atoms. The van der Waals surface area contributed by atoms with Gasteiger partial charge in [-0.2, -0.15) is 0 Å². The van der Waals surface area contributed by atoms with Crippen LogP contribution in [0, 0.1) is 6.92 Å². The van der Waals surface area contributed by atoms with Crippen LogP contribution < -0.4 is 10.1 Å². The quantitative estimate of drug-likeness (QED) is 0.715. The molecule has 1 N–H and O–H groups in total. The van der Waals surface area contributed by atoms with Crippen LogP contribution in [0.15, 0.2) is 48.5 Å². The predicted octanol–water partition coefficient (Wildman–Crippen LogP) is 2.95. The number of benzene rings is 2. The largest absolute Gasteiger partial charge is 0.491 e. The standard InChI is InChI=1S/C22H24N2O4/c1-15-8-3-6-11-19(15)28-14-16(2)23-20(25)12-7-13-24-21(26)17-9-4-5-10-18(17)22(24)27/h3-6,8-11,16H,7,12-14H2,1-2H3,(H,23,25). The molecule has 1 atom stereocenters. The molecule has 6 nitrogen and oxygen atoms in total. The predicted molar refractivity (Wildman–Crippen MR) is 105 cm³/mol. The Morgan fingerprint density at radius 1 is 1.04 bits per heavy atom. The molecule has 6 heteroatoms. The molecule has 0 fully saturated rings. The molecule has 1 heterocycles. The Bertz CT molecular complexity index is 859. The smallest absolute Gasteiger partial charge is 0.261 e. The average molecular weight is 380 g/mol. The number of fused-ring (bicyclic) bond motifs is 1. The van der Waals surface area contributed by atoms with Gasteiger partial charge in [0.2, 0.25) is 5.91 Å². The lowest BCUT2D eigenvalue weighted by molar-refractivity contribution is -0.122. The fraction of sp³-hybridized carbons (Fsp3) is 0.318. The fourth-order valence-electron chi connectivity index (χ4n) is 3.16. The lowest BCUT2D eigenvalue weighted by atomic mass is 10.1. The van der Waals surface area contributed by atoms with Gasteiger partial charge in [0.25, 0.3) is 11.8 Å². The van der Waals surface area contributed by atoms with Crippen molar-refractivity contribution in [1.29, 1.82) is 0 Å². The third-order valence-corrected chi connectivity index (χ3v) is 4.65. The van der Waals surface area contributed by atoms with Gasteiger partial charge >= 0.3 is 0 Å². The zero-order valence-electron chi connectivity index (χ0n) is 16.1. The summed E-state index contributed by atoms with van der Waals surface area (Å²) in [6.45, 7) is 4.45. The van der Waals surface area contributed by atoms with Crippen LogP contribution in [0.5, 0.6) is 5.75 Å². The van der Waals surface area contributed by atoms with Crippen molar-refractivity contribution >= 4 is 17.7 Å². The summed E-state index contributed by atoms with van der Waals surface area (Å²) in [6, 6.07) is 14.3. The molecule has 2 aromatic rings. The topological polar surface area (TPSA) is 75.7 Å². The van der Waals surface area contributed by atoms with Crippen molar-refractivity contribution in [2.24, 2.45) is 0 Å². The number of para-hydroxylation sites is 1. The Morgan fingerprint density at radius 3 is 2.29 bits per heavy atom. The van der Waals surface area contributed by atoms with Crippen molar-refractivity contribution in [3.63, 3.8) is 0 Å². The number of ether oxygens (including phenoxy) is 1. The molecule has 146 valence electrons. The number of aryl methyl sites for hydroxylation is 1. The second-order valence-corrected chi connectivity index (χ2v) is 6.96. The second kappa shape index (κ2) is 8.69. The van der Waals surface area contributed by atoms with Gasteiger partial charge in [-0.05, 0) is 44.0 Å². The molecule has 3 amide bonds. The minimum Gasteiger partial charge on any atom is -0.491 e. The summed E-state index contributed by atoms with van der Waals surface area (Å²) >= 11 is 0. The van der Waals surface area contributed by atoms with Gasteiger partial charge in [-0.1, -0.05) is 30.3 Å². The molecule has 0 saturated heterocycles. The summed E-state index contributed by atoms with van der Waals surface area (Å²) in [7, 11) is 0. The molecule has 0 radical (unpaired) electrons. The maximum Gasteiger partial charge on any atom is 0.261 e. The maximum absolute atomic E-state index is 12.3. The summed E-state index contributed by atoms with van der Waals surface area (Å²) in [5.74, 6) is 0.0914. The Kier molecular flexibility index (Phi) is 6.09. The highest BCUT2D eigenvalue weighted by atomic mass is 16.5. The van der Waals surface area contributed by atoms with Crippen molar-refractivity contribution in [3.05, 3.63) is 65.2 Å². The highest BCUT2D eigenvalue weighted by Crippen LogP contribution is 2.22. The molecule has 28 heavy (non-hydrogen) atoms. The van der Waals surface area contributed by atoms with Gasteiger partial charge in [-0.15, -0.1) is 0 Å². The molecule has 3 rings (SSSR count). The van der Waals surface area contributed by atoms with E-state index >= 15 is 0 Å². The third kappa shape index (κ3) is 4.39. The van der Waals surface area contributed by atoms with Crippen molar-refractivity contribution in [2.75, 3.05) is 13.2 Å². The van der Waals surface area contributed by atoms with Gasteiger partial charge in [0, 0.05) is 13.0 Å². The van der Waals surface area contributed by atoms with Crippen LogP contribution in [0.4, 0.5) is 0 Å². The lowest BCUT2D eigenvalue weighted by Gasteiger charge is -2.17. The summed E-state index contributed by atoms with van der Waals surface area (Å²) < 4.78 is 5.74. The number of nitrogens with zero attached hydrogens (tertiary/aromatic N) is 1. The van der Waals surface area contributed by atoms with E-state index in [-0.39, 0.29) is 36.7 Å². The van der Waals surface area contributed by atoms with Gasteiger partial charge in [-0.3, -0.25) is 19.3 Å². The summed E-state index contributed by atoms with van der Waals surface area (Å²) in [4.78, 5) is 37.9. The number of carbonyl (C=O) groups is 3. The van der Waals surface area contributed by atoms with Gasteiger partial charge in [-0.25, -0.2) is 0 Å². The van der Waals surface area contributed by atoms with Gasteiger partial charge in [0.15, 0.2) is 0 Å². The number of hydrogen-bond acceptors (Lipinski definition) is 4. The van der Waals surface area contributed by atoms with E-state index in [9.17, 15) is 14.4 Å². The summed E-state index contributed by atoms with van der Waals surface area (Å²) in [5, 5.41) is 2.88. The third-order valence-electron chi connectivity index (χ3n) is 4.65. The normalized spacial score (nSPS) is 14.0. The average Bonchev–Trinajstić information content (AvgIpc) is 2.92. The molecular formula is C22H24N2O4. The van der Waals surface area contributed by atoms with Crippen LogP contribution >= 0.6 is 0 Å². The van der Waals surface area contributed by atoms with E-state index in [1.54, 1.807) is 24.3 Å². The minimum atomic E-state index is -0.291. The van der Waals surface area contributed by atoms with Crippen molar-refractivity contribution in [3.8, 4) is 5.75 Å². The zero-order chi connectivity index (χ0) is 20.1. The van der Waals surface area contributed by atoms with E-state index in [0.717, 1.165) is 11.3 Å². The second-order valence-electron chi connectivity index (χ2n) is 6.96. The van der Waals surface area contributed by atoms with Crippen LogP contribution in [0.25, 0.3) is 0 Å². The molecule has 0 aromatic heterocycles. The highest BCUT2D eigenvalue weighted by molar-refractivity contribution is 6.21. The minimum absolute atomic E-state index is 0.127. The Morgan fingerprint density at radius 2 is 1.64 bits per heavy atom. The fourth-order valence-corrected chi connectivity index (χ4v) is 3.16. The van der Waals surface area contributed by atoms with E-state index in [1.807, 2.05) is 38.1 Å². The van der Waals surface area contributed by atoms with Crippen LogP contribution in [-0.2, 0) is 4.79 Å². The molecule has 1 unspecified atom stereocenters. The van der Waals surface area contributed by atoms with Crippen molar-refractivity contribution in [2.45, 2.75) is 32.7 Å². The molecular weight excluding hydrogens is 356 g/mol. The van der Waals surface area contributed by atoms with E-state index < -0.39 is 0 Å². The van der Waals surface area contributed by atoms with E-state index in [4.69, 9.17) is 4.74 Å². The lowest BCUT2D eigenvalue weighted by Crippen LogP contribution is -2.37. The van der Waals surface area contributed by atoms with E-state index in [1.165, 1.54) is 4.90 Å². The van der Waals surface area contributed by atoms with E-state index in [0.29, 0.717) is 24.2 Å². The van der Waals surface area contributed by atoms with Crippen LogP contribution in [0.3, 0.4) is 0 Å². The molecule has 2 aromatic carbocycles. The first-order chi connectivity index (χ1) is 13.5. The number of hydrogen-bond donors (Lipinski definition) is 1. The van der Waals surface area contributed by atoms with Crippen LogP contribution in [0.2, 0.25) is 0 Å². The molecule has 0 spiro atoms. The number of rotatable bonds is 8. The first-order valence-electron chi connectivity index (χ1n) is 9.40. The van der Waals surface area contributed by atoms with Crippen molar-refractivity contribution < 1.29 is 19.1 Å². The van der Waals surface area contributed by atoms with Gasteiger partial charge in [0.1, 0.15) is 12.4 Å². The molecule has 1 aliphatic heterocycles. The Labute approximate surface area is 164 Å². The first kappa shape index (κ1) is 19.6. The SMILES string of the molecule is Cc1ccccc1OCC(C)NC(=O)CCCN1C(=O)c2ccccc2C1=O. The van der Waals surface area contributed by atoms with Crippen LogP contribution in [0.1, 0.15) is 46.0 Å². The molecule has 0 aliphatic carbocycles. The van der Waals surface area contributed by atoms with Gasteiger partial charge in [0.05, 0.1) is 17.2 Å². The number of amides is 3. The summed E-state index contributed by atoms with van der Waals surface area (Å²) in [6.07, 6.45) is 0.658. The van der Waals surface area contributed by atoms with Crippen molar-refractivity contribution in [1.82, 2.24) is 10.2 Å².